The number of esters is 3. The van der Waals surface area contributed by atoms with Crippen molar-refractivity contribution in [3.8, 4) is 0 Å². The predicted molar refractivity (Wildman–Crippen MR) is 343 cm³/mol. The van der Waals surface area contributed by atoms with Crippen molar-refractivity contribution in [2.45, 2.75) is 245 Å². The van der Waals surface area contributed by atoms with E-state index in [9.17, 15) is 14.4 Å². The van der Waals surface area contributed by atoms with E-state index < -0.39 is 6.10 Å². The number of hydrogen-bond donors (Lipinski definition) is 0. The van der Waals surface area contributed by atoms with Crippen LogP contribution in [-0.4, -0.2) is 37.2 Å². The van der Waals surface area contributed by atoms with Crippen LogP contribution in [0.2, 0.25) is 0 Å². The van der Waals surface area contributed by atoms with E-state index in [4.69, 9.17) is 14.2 Å². The van der Waals surface area contributed by atoms with Crippen LogP contribution in [0.1, 0.15) is 239 Å². The molecule has 440 valence electrons. The Labute approximate surface area is 484 Å². The average Bonchev–Trinajstić information content (AvgIpc) is 3.45. The van der Waals surface area contributed by atoms with Gasteiger partial charge in [0.05, 0.1) is 0 Å². The number of hydrogen-bond acceptors (Lipinski definition) is 6. The van der Waals surface area contributed by atoms with Crippen LogP contribution in [0.5, 0.6) is 0 Å². The molecule has 0 aromatic heterocycles. The van der Waals surface area contributed by atoms with Crippen molar-refractivity contribution < 1.29 is 28.6 Å². The molecule has 1 atom stereocenters. The highest BCUT2D eigenvalue weighted by Crippen LogP contribution is 2.12. The van der Waals surface area contributed by atoms with Crippen LogP contribution in [0.3, 0.4) is 0 Å². The maximum absolute atomic E-state index is 12.9. The number of ether oxygens (including phenoxy) is 3. The van der Waals surface area contributed by atoms with Crippen LogP contribution in [0.4, 0.5) is 0 Å². The van der Waals surface area contributed by atoms with E-state index in [0.29, 0.717) is 19.3 Å². The molecule has 0 N–H and O–H groups in total. The molecule has 0 amide bonds. The maximum atomic E-state index is 12.9. The summed E-state index contributed by atoms with van der Waals surface area (Å²) >= 11 is 0. The Morgan fingerprint density at radius 2 is 0.494 bits per heavy atom. The van der Waals surface area contributed by atoms with E-state index in [-0.39, 0.29) is 44.0 Å². The third-order valence-electron chi connectivity index (χ3n) is 12.4. The van der Waals surface area contributed by atoms with Gasteiger partial charge in [-0.15, -0.1) is 0 Å². The lowest BCUT2D eigenvalue weighted by Gasteiger charge is -2.18. The largest absolute Gasteiger partial charge is 0.462 e. The summed E-state index contributed by atoms with van der Waals surface area (Å²) in [6.07, 6.45) is 97.5. The van der Waals surface area contributed by atoms with Gasteiger partial charge < -0.3 is 14.2 Å². The fraction of sp³-hybridized carbons (Fsp3) is 0.548. The van der Waals surface area contributed by atoms with Crippen molar-refractivity contribution in [1.29, 1.82) is 0 Å². The first-order valence-electron chi connectivity index (χ1n) is 31.3. The lowest BCUT2D eigenvalue weighted by molar-refractivity contribution is -0.167. The zero-order chi connectivity index (χ0) is 57.1. The average molecular weight is 1090 g/mol. The first-order valence-corrected chi connectivity index (χ1v) is 31.3. The van der Waals surface area contributed by atoms with Gasteiger partial charge in [0.25, 0.3) is 0 Å². The van der Waals surface area contributed by atoms with Gasteiger partial charge in [-0.1, -0.05) is 242 Å². The molecule has 0 saturated carbocycles. The molecule has 0 bridgehead atoms. The molecule has 0 aromatic carbocycles. The summed E-state index contributed by atoms with van der Waals surface area (Å²) in [4.78, 5) is 38.3. The topological polar surface area (TPSA) is 78.9 Å². The summed E-state index contributed by atoms with van der Waals surface area (Å²) in [5, 5.41) is 0. The molecule has 6 heteroatoms. The van der Waals surface area contributed by atoms with Crippen LogP contribution in [-0.2, 0) is 28.6 Å². The number of unbranched alkanes of at least 4 members (excludes halogenated alkanes) is 13. The van der Waals surface area contributed by atoms with Crippen LogP contribution >= 0.6 is 0 Å². The van der Waals surface area contributed by atoms with Gasteiger partial charge in [0.15, 0.2) is 6.10 Å². The van der Waals surface area contributed by atoms with Crippen molar-refractivity contribution in [2.24, 2.45) is 0 Å². The summed E-state index contributed by atoms with van der Waals surface area (Å²) in [6.45, 7) is 6.30. The molecule has 0 aromatic rings. The summed E-state index contributed by atoms with van der Waals surface area (Å²) in [7, 11) is 0. The number of rotatable bonds is 54. The highest BCUT2D eigenvalue weighted by molar-refractivity contribution is 5.71. The molecule has 0 aliphatic carbocycles. The van der Waals surface area contributed by atoms with E-state index in [1.54, 1.807) is 0 Å². The van der Waals surface area contributed by atoms with Gasteiger partial charge in [0.1, 0.15) is 13.2 Å². The SMILES string of the molecule is CC/C=C\C/C=C\C/C=C\C/C=C\C/C=C\C/C=C\C/C=C\C/C=C\CCCCC(=O)OCC(COC(=O)CCCCCCC/C=C\CCCCCC)OC(=O)CCCC/C=C\C/C=C\C/C=C\C/C=C\C/C=C\C/C=C\CC. The van der Waals surface area contributed by atoms with Crippen molar-refractivity contribution in [1.82, 2.24) is 0 Å². The van der Waals surface area contributed by atoms with E-state index in [2.05, 4.69) is 203 Å². The lowest BCUT2D eigenvalue weighted by Crippen LogP contribution is -2.30. The van der Waals surface area contributed by atoms with Gasteiger partial charge in [0.2, 0.25) is 0 Å². The van der Waals surface area contributed by atoms with Gasteiger partial charge in [-0.05, 0) is 161 Å². The smallest absolute Gasteiger partial charge is 0.306 e. The molecule has 1 unspecified atom stereocenters. The van der Waals surface area contributed by atoms with Crippen LogP contribution < -0.4 is 0 Å². The van der Waals surface area contributed by atoms with E-state index in [0.717, 1.165) is 148 Å². The molecule has 0 radical (unpaired) electrons. The van der Waals surface area contributed by atoms with Crippen molar-refractivity contribution >= 4 is 17.9 Å². The third kappa shape index (κ3) is 63.2. The van der Waals surface area contributed by atoms with E-state index >= 15 is 0 Å². The minimum atomic E-state index is -0.834. The molecule has 6 nitrogen and oxygen atoms in total. The predicted octanol–water partition coefficient (Wildman–Crippen LogP) is 21.7. The second-order valence-corrected chi connectivity index (χ2v) is 19.8. The van der Waals surface area contributed by atoms with Crippen LogP contribution in [0, 0.1) is 0 Å². The second kappa shape index (κ2) is 65.0. The minimum absolute atomic E-state index is 0.123. The molecule has 0 fully saturated rings. The minimum Gasteiger partial charge on any atom is -0.462 e. The molecular formula is C73H112O6. The van der Waals surface area contributed by atoms with Gasteiger partial charge in [0, 0.05) is 19.3 Å². The second-order valence-electron chi connectivity index (χ2n) is 19.8. The molecule has 0 aliphatic rings. The Bertz CT molecular complexity index is 1870. The zero-order valence-electron chi connectivity index (χ0n) is 50.3. The fourth-order valence-electron chi connectivity index (χ4n) is 7.75. The Kier molecular flexibility index (Phi) is 60.5. The maximum Gasteiger partial charge on any atom is 0.306 e. The number of carbonyl (C=O) groups is 3. The molecular weight excluding hydrogens is 973 g/mol. The standard InChI is InChI=1S/C73H112O6/c1-4-7-10-13-16-19-22-25-27-29-31-33-34-35-36-37-38-40-41-43-45-48-51-54-57-60-63-66-72(75)78-69-70(68-77-71(74)65-62-59-56-53-50-47-24-21-18-15-12-9-6-3)79-73(76)67-64-61-58-55-52-49-46-44-42-39-32-30-28-26-23-20-17-14-11-8-5-2/h7-8,10-11,16-17,19-21,24-28,31-33,35-36,38-40,43-46,51-52,54-55,70H,4-6,9,12-15,18,22-23,29-30,34,37,41-42,47-50,53,56-69H2,1-3H3/b10-7-,11-8-,19-16-,20-17-,24-21-,27-25-,28-26-,33-31-,36-35-,39-32-,40-38-,45-43-,46-44-,54-51-,55-52-. The molecule has 0 spiro atoms. The third-order valence-corrected chi connectivity index (χ3v) is 12.4. The summed E-state index contributed by atoms with van der Waals surface area (Å²) in [6, 6.07) is 0. The molecule has 0 heterocycles. The molecule has 0 saturated heterocycles. The molecule has 79 heavy (non-hydrogen) atoms. The van der Waals surface area contributed by atoms with Crippen molar-refractivity contribution in [2.75, 3.05) is 13.2 Å². The highest BCUT2D eigenvalue weighted by atomic mass is 16.6. The van der Waals surface area contributed by atoms with E-state index in [1.165, 1.54) is 38.5 Å². The first kappa shape index (κ1) is 73.5. The monoisotopic (exact) mass is 1080 g/mol. The Morgan fingerprint density at radius 1 is 0.266 bits per heavy atom. The molecule has 0 rings (SSSR count). The fourth-order valence-corrected chi connectivity index (χ4v) is 7.75. The van der Waals surface area contributed by atoms with Crippen molar-refractivity contribution in [3.63, 3.8) is 0 Å². The van der Waals surface area contributed by atoms with Crippen LogP contribution in [0.25, 0.3) is 0 Å². The van der Waals surface area contributed by atoms with Gasteiger partial charge >= 0.3 is 17.9 Å². The normalized spacial score (nSPS) is 13.4. The first-order chi connectivity index (χ1) is 39.0. The van der Waals surface area contributed by atoms with Gasteiger partial charge in [-0.25, -0.2) is 0 Å². The Balaban J connectivity index is 4.55. The van der Waals surface area contributed by atoms with Crippen molar-refractivity contribution in [3.05, 3.63) is 182 Å². The van der Waals surface area contributed by atoms with E-state index in [1.807, 2.05) is 0 Å². The zero-order valence-corrected chi connectivity index (χ0v) is 50.3. The van der Waals surface area contributed by atoms with Gasteiger partial charge in [-0.2, -0.15) is 0 Å². The summed E-state index contributed by atoms with van der Waals surface area (Å²) in [5.74, 6) is -1.03. The lowest BCUT2D eigenvalue weighted by atomic mass is 10.1. The highest BCUT2D eigenvalue weighted by Gasteiger charge is 2.19. The Morgan fingerprint density at radius 3 is 0.810 bits per heavy atom. The summed E-state index contributed by atoms with van der Waals surface area (Å²) < 4.78 is 16.8. The van der Waals surface area contributed by atoms with Crippen LogP contribution in [0.15, 0.2) is 182 Å². The number of carbonyl (C=O) groups excluding carboxylic acids is 3. The molecule has 0 aliphatic heterocycles. The van der Waals surface area contributed by atoms with Gasteiger partial charge in [-0.3, -0.25) is 14.4 Å². The Hall–Kier alpha value is -5.49. The summed E-state index contributed by atoms with van der Waals surface area (Å²) in [5.41, 5.74) is 0. The quantitative estimate of drug-likeness (QED) is 0.0261. The number of allylic oxidation sites excluding steroid dienone is 30.